The Morgan fingerprint density at radius 3 is 2.48 bits per heavy atom. The zero-order chi connectivity index (χ0) is 15.4. The Morgan fingerprint density at radius 1 is 1.19 bits per heavy atom. The van der Waals surface area contributed by atoms with Gasteiger partial charge in [-0.15, -0.1) is 0 Å². The van der Waals surface area contributed by atoms with Gasteiger partial charge < -0.3 is 24.4 Å². The molecule has 0 fully saturated rings. The van der Waals surface area contributed by atoms with Gasteiger partial charge in [0.05, 0.1) is 14.2 Å². The molecule has 0 saturated heterocycles. The smallest absolute Gasteiger partial charge is 0.374 e. The summed E-state index contributed by atoms with van der Waals surface area (Å²) in [7, 11) is 2.97. The molecule has 0 spiro atoms. The van der Waals surface area contributed by atoms with Gasteiger partial charge in [0.1, 0.15) is 0 Å². The molecule has 2 N–H and O–H groups in total. The van der Waals surface area contributed by atoms with Crippen molar-refractivity contribution >= 4 is 17.6 Å². The van der Waals surface area contributed by atoms with Crippen molar-refractivity contribution in [2.45, 2.75) is 0 Å². The Labute approximate surface area is 119 Å². The predicted octanol–water partition coefficient (Wildman–Crippen LogP) is 1.64. The van der Waals surface area contributed by atoms with Gasteiger partial charge in [0.2, 0.25) is 5.76 Å². The number of hydrogen-bond acceptors (Lipinski definition) is 6. The molecule has 0 aliphatic rings. The number of carboxylic acid groups (broad SMARTS) is 1. The number of ether oxygens (including phenoxy) is 2. The number of nitrogens with zero attached hydrogens (tertiary/aromatic N) is 1. The number of nitrogens with one attached hydrogen (secondary N) is 1. The van der Waals surface area contributed by atoms with Crippen LogP contribution in [-0.2, 0) is 0 Å². The third-order valence-electron chi connectivity index (χ3n) is 2.59. The maximum atomic E-state index is 11.9. The molecular weight excluding hydrogens is 280 g/mol. The molecule has 1 heterocycles. The summed E-state index contributed by atoms with van der Waals surface area (Å²) in [5.41, 5.74) is 0.305. The number of aromatic carboxylic acids is 1. The third-order valence-corrected chi connectivity index (χ3v) is 2.59. The van der Waals surface area contributed by atoms with Crippen LogP contribution in [-0.4, -0.2) is 36.4 Å². The van der Waals surface area contributed by atoms with Crippen molar-refractivity contribution in [1.82, 2.24) is 5.16 Å². The SMILES string of the molecule is COc1ccc(NC(=O)c2cc(C(=O)O)on2)cc1OC. The minimum absolute atomic E-state index is 0.137. The van der Waals surface area contributed by atoms with E-state index in [0.29, 0.717) is 17.2 Å². The maximum absolute atomic E-state index is 11.9. The van der Waals surface area contributed by atoms with Gasteiger partial charge in [-0.3, -0.25) is 4.79 Å². The van der Waals surface area contributed by atoms with E-state index in [2.05, 4.69) is 15.0 Å². The van der Waals surface area contributed by atoms with Gasteiger partial charge in [-0.25, -0.2) is 4.79 Å². The van der Waals surface area contributed by atoms with Gasteiger partial charge in [0.25, 0.3) is 5.91 Å². The first-order valence-electron chi connectivity index (χ1n) is 5.78. The van der Waals surface area contributed by atoms with E-state index < -0.39 is 17.6 Å². The lowest BCUT2D eigenvalue weighted by atomic mass is 10.2. The number of aromatic nitrogens is 1. The van der Waals surface area contributed by atoms with Gasteiger partial charge in [-0.2, -0.15) is 0 Å². The lowest BCUT2D eigenvalue weighted by Gasteiger charge is -2.09. The van der Waals surface area contributed by atoms with Crippen molar-refractivity contribution in [1.29, 1.82) is 0 Å². The summed E-state index contributed by atoms with van der Waals surface area (Å²) in [5, 5.41) is 14.6. The molecule has 0 atom stereocenters. The number of anilines is 1. The predicted molar refractivity (Wildman–Crippen MR) is 71.0 cm³/mol. The zero-order valence-corrected chi connectivity index (χ0v) is 11.2. The van der Waals surface area contributed by atoms with Crippen molar-refractivity contribution in [2.75, 3.05) is 19.5 Å². The van der Waals surface area contributed by atoms with Gasteiger partial charge in [-0.05, 0) is 12.1 Å². The molecule has 1 amide bonds. The molecule has 8 heteroatoms. The van der Waals surface area contributed by atoms with E-state index in [1.54, 1.807) is 18.2 Å². The summed E-state index contributed by atoms with van der Waals surface area (Å²) >= 11 is 0. The van der Waals surface area contributed by atoms with Crippen LogP contribution in [0.25, 0.3) is 0 Å². The Kier molecular flexibility index (Phi) is 4.07. The van der Waals surface area contributed by atoms with Crippen LogP contribution in [0.3, 0.4) is 0 Å². The van der Waals surface area contributed by atoms with Gasteiger partial charge >= 0.3 is 5.97 Å². The van der Waals surface area contributed by atoms with Crippen LogP contribution >= 0.6 is 0 Å². The summed E-state index contributed by atoms with van der Waals surface area (Å²) < 4.78 is 14.7. The highest BCUT2D eigenvalue weighted by atomic mass is 16.5. The Bertz CT molecular complexity index is 679. The fourth-order valence-corrected chi connectivity index (χ4v) is 1.59. The van der Waals surface area contributed by atoms with E-state index >= 15 is 0 Å². The second-order valence-corrected chi connectivity index (χ2v) is 3.91. The molecule has 1 aromatic heterocycles. The molecule has 2 rings (SSSR count). The van der Waals surface area contributed by atoms with E-state index in [9.17, 15) is 9.59 Å². The molecule has 0 aliphatic heterocycles. The molecule has 2 aromatic rings. The summed E-state index contributed by atoms with van der Waals surface area (Å²) in [4.78, 5) is 22.6. The third kappa shape index (κ3) is 3.11. The Balaban J connectivity index is 2.17. The number of carboxylic acids is 1. The summed E-state index contributed by atoms with van der Waals surface area (Å²) in [6, 6.07) is 5.84. The first kappa shape index (κ1) is 14.4. The van der Waals surface area contributed by atoms with Crippen LogP contribution in [0.1, 0.15) is 21.0 Å². The highest BCUT2D eigenvalue weighted by Crippen LogP contribution is 2.29. The fourth-order valence-electron chi connectivity index (χ4n) is 1.59. The van der Waals surface area contributed by atoms with Crippen molar-refractivity contribution in [3.63, 3.8) is 0 Å². The lowest BCUT2D eigenvalue weighted by molar-refractivity contribution is 0.0651. The zero-order valence-electron chi connectivity index (χ0n) is 11.2. The number of benzene rings is 1. The van der Waals surface area contributed by atoms with E-state index in [4.69, 9.17) is 14.6 Å². The molecule has 1 aromatic carbocycles. The Morgan fingerprint density at radius 2 is 1.90 bits per heavy atom. The first-order chi connectivity index (χ1) is 10.0. The largest absolute Gasteiger partial charge is 0.493 e. The van der Waals surface area contributed by atoms with Gasteiger partial charge in [0.15, 0.2) is 17.2 Å². The number of methoxy groups -OCH3 is 2. The van der Waals surface area contributed by atoms with Gasteiger partial charge in [0, 0.05) is 17.8 Å². The molecular formula is C13H12N2O6. The van der Waals surface area contributed by atoms with Crippen LogP contribution < -0.4 is 14.8 Å². The second kappa shape index (κ2) is 5.95. The molecule has 0 bridgehead atoms. The van der Waals surface area contributed by atoms with E-state index in [-0.39, 0.29) is 5.69 Å². The average Bonchev–Trinajstić information content (AvgIpc) is 2.97. The molecule has 0 unspecified atom stereocenters. The number of hydrogen-bond donors (Lipinski definition) is 2. The molecule has 0 radical (unpaired) electrons. The fraction of sp³-hybridized carbons (Fsp3) is 0.154. The number of carbonyl (C=O) groups excluding carboxylic acids is 1. The number of rotatable bonds is 5. The first-order valence-corrected chi connectivity index (χ1v) is 5.78. The Hall–Kier alpha value is -3.03. The normalized spacial score (nSPS) is 10.0. The van der Waals surface area contributed by atoms with Crippen molar-refractivity contribution in [3.05, 3.63) is 35.7 Å². The summed E-state index contributed by atoms with van der Waals surface area (Å²) in [6.07, 6.45) is 0. The molecule has 8 nitrogen and oxygen atoms in total. The number of amides is 1. The summed E-state index contributed by atoms with van der Waals surface area (Å²) in [6.45, 7) is 0. The molecule has 0 saturated carbocycles. The van der Waals surface area contributed by atoms with E-state index in [1.165, 1.54) is 14.2 Å². The minimum atomic E-state index is -1.30. The standard InChI is InChI=1S/C13H12N2O6/c1-19-9-4-3-7(5-10(9)20-2)14-12(16)8-6-11(13(17)18)21-15-8/h3-6H,1-2H3,(H,14,16)(H,17,18). The van der Waals surface area contributed by atoms with Gasteiger partial charge in [-0.1, -0.05) is 5.16 Å². The van der Waals surface area contributed by atoms with Crippen molar-refractivity contribution in [2.24, 2.45) is 0 Å². The monoisotopic (exact) mass is 292 g/mol. The van der Waals surface area contributed by atoms with Crippen LogP contribution in [0.4, 0.5) is 5.69 Å². The second-order valence-electron chi connectivity index (χ2n) is 3.91. The highest BCUT2D eigenvalue weighted by molar-refractivity contribution is 6.03. The molecule has 21 heavy (non-hydrogen) atoms. The topological polar surface area (TPSA) is 111 Å². The maximum Gasteiger partial charge on any atom is 0.374 e. The van der Waals surface area contributed by atoms with Crippen LogP contribution in [0, 0.1) is 0 Å². The van der Waals surface area contributed by atoms with Crippen LogP contribution in [0.5, 0.6) is 11.5 Å². The van der Waals surface area contributed by atoms with Crippen molar-refractivity contribution < 1.29 is 28.7 Å². The lowest BCUT2D eigenvalue weighted by Crippen LogP contribution is -2.12. The van der Waals surface area contributed by atoms with Crippen LogP contribution in [0.2, 0.25) is 0 Å². The van der Waals surface area contributed by atoms with Crippen LogP contribution in [0.15, 0.2) is 28.8 Å². The average molecular weight is 292 g/mol. The van der Waals surface area contributed by atoms with Crippen molar-refractivity contribution in [3.8, 4) is 11.5 Å². The quantitative estimate of drug-likeness (QED) is 0.861. The minimum Gasteiger partial charge on any atom is -0.493 e. The summed E-state index contributed by atoms with van der Waals surface area (Å²) in [5.74, 6) is -1.34. The number of carbonyl (C=O) groups is 2. The highest BCUT2D eigenvalue weighted by Gasteiger charge is 2.17. The van der Waals surface area contributed by atoms with E-state index in [0.717, 1.165) is 6.07 Å². The molecule has 0 aliphatic carbocycles. The molecule has 110 valence electrons. The van der Waals surface area contributed by atoms with E-state index in [1.807, 2.05) is 0 Å².